The fraction of sp³-hybridized carbons (Fsp3) is 0.545. The van der Waals surface area contributed by atoms with Crippen LogP contribution in [-0.4, -0.2) is 56.3 Å². The first-order chi connectivity index (χ1) is 14.3. The number of aliphatic imine (C=N–C) groups is 1. The molecule has 2 aliphatic heterocycles. The minimum Gasteiger partial charge on any atom is -0.369 e. The van der Waals surface area contributed by atoms with E-state index in [-0.39, 0.29) is 0 Å². The molecule has 6 nitrogen and oxygen atoms in total. The van der Waals surface area contributed by atoms with Gasteiger partial charge >= 0.3 is 0 Å². The number of guanidine groups is 1. The summed E-state index contributed by atoms with van der Waals surface area (Å²) in [6.45, 7) is 8.15. The Balaban J connectivity index is 1.28. The Kier molecular flexibility index (Phi) is 6.87. The molecule has 3 heterocycles. The van der Waals surface area contributed by atoms with Crippen molar-refractivity contribution in [2.24, 2.45) is 4.99 Å². The maximum atomic E-state index is 4.81. The molecule has 156 valence electrons. The minimum atomic E-state index is 0.425. The smallest absolute Gasteiger partial charge is 0.191 e. The quantitative estimate of drug-likeness (QED) is 0.541. The fourth-order valence-corrected chi connectivity index (χ4v) is 4.93. The monoisotopic (exact) mass is 412 g/mol. The van der Waals surface area contributed by atoms with Crippen molar-refractivity contribution in [2.45, 2.75) is 38.6 Å². The van der Waals surface area contributed by atoms with Crippen molar-refractivity contribution in [3.63, 3.8) is 0 Å². The molecule has 0 radical (unpaired) electrons. The fourth-order valence-electron chi connectivity index (χ4n) is 4.01. The molecule has 1 aromatic heterocycles. The molecule has 2 aliphatic rings. The number of hydrogen-bond acceptors (Lipinski definition) is 5. The third-order valence-corrected chi connectivity index (χ3v) is 6.50. The van der Waals surface area contributed by atoms with E-state index in [0.29, 0.717) is 6.04 Å². The van der Waals surface area contributed by atoms with Crippen molar-refractivity contribution in [2.75, 3.05) is 49.1 Å². The van der Waals surface area contributed by atoms with Crippen LogP contribution in [0, 0.1) is 0 Å². The second-order valence-corrected chi connectivity index (χ2v) is 8.57. The summed E-state index contributed by atoms with van der Waals surface area (Å²) in [7, 11) is 0. The zero-order chi connectivity index (χ0) is 19.9. The van der Waals surface area contributed by atoms with Gasteiger partial charge in [0, 0.05) is 62.8 Å². The lowest BCUT2D eigenvalue weighted by atomic mass is 10.2. The first-order valence-electron chi connectivity index (χ1n) is 10.9. The molecule has 4 rings (SSSR count). The van der Waals surface area contributed by atoms with E-state index in [2.05, 4.69) is 63.1 Å². The highest BCUT2D eigenvalue weighted by Crippen LogP contribution is 2.24. The summed E-state index contributed by atoms with van der Waals surface area (Å²) in [4.78, 5) is 14.5. The van der Waals surface area contributed by atoms with Gasteiger partial charge in [-0.2, -0.15) is 0 Å². The number of nitrogens with zero attached hydrogens (tertiary/aromatic N) is 4. The summed E-state index contributed by atoms with van der Waals surface area (Å²) in [5.41, 5.74) is 2.46. The molecular weight excluding hydrogens is 380 g/mol. The van der Waals surface area contributed by atoms with E-state index in [1.165, 1.54) is 23.7 Å². The molecule has 7 heteroatoms. The van der Waals surface area contributed by atoms with Gasteiger partial charge in [-0.15, -0.1) is 11.3 Å². The molecule has 0 aliphatic carbocycles. The van der Waals surface area contributed by atoms with Crippen LogP contribution in [0.5, 0.6) is 0 Å². The molecular formula is C22H32N6S. The molecule has 1 aromatic carbocycles. The highest BCUT2D eigenvalue weighted by molar-refractivity contribution is 7.13. The van der Waals surface area contributed by atoms with Crippen LogP contribution in [0.3, 0.4) is 0 Å². The minimum absolute atomic E-state index is 0.425. The van der Waals surface area contributed by atoms with E-state index < -0.39 is 0 Å². The van der Waals surface area contributed by atoms with Crippen LogP contribution in [-0.2, 0) is 6.42 Å². The van der Waals surface area contributed by atoms with Crippen LogP contribution in [0.4, 0.5) is 10.8 Å². The molecule has 0 amide bonds. The number of aromatic nitrogens is 1. The van der Waals surface area contributed by atoms with Gasteiger partial charge in [-0.3, -0.25) is 4.99 Å². The predicted molar refractivity (Wildman–Crippen MR) is 123 cm³/mol. The maximum absolute atomic E-state index is 4.81. The summed E-state index contributed by atoms with van der Waals surface area (Å²) in [5.74, 6) is 0.919. The molecule has 2 saturated heterocycles. The third-order valence-electron chi connectivity index (χ3n) is 5.55. The first kappa shape index (κ1) is 20.0. The molecule has 0 saturated carbocycles. The van der Waals surface area contributed by atoms with Gasteiger partial charge in [0.25, 0.3) is 0 Å². The number of nitrogens with one attached hydrogen (secondary N) is 2. The second-order valence-electron chi connectivity index (χ2n) is 7.74. The molecule has 1 unspecified atom stereocenters. The van der Waals surface area contributed by atoms with Crippen LogP contribution >= 0.6 is 11.3 Å². The molecule has 2 fully saturated rings. The Morgan fingerprint density at radius 3 is 2.79 bits per heavy atom. The predicted octanol–water partition coefficient (Wildman–Crippen LogP) is 3.12. The number of anilines is 2. The molecule has 2 aromatic rings. The molecule has 29 heavy (non-hydrogen) atoms. The molecule has 0 bridgehead atoms. The topological polar surface area (TPSA) is 55.8 Å². The van der Waals surface area contributed by atoms with Crippen LogP contribution in [0.25, 0.3) is 0 Å². The summed E-state index contributed by atoms with van der Waals surface area (Å²) in [6, 6.07) is 11.1. The van der Waals surface area contributed by atoms with Crippen LogP contribution in [0.2, 0.25) is 0 Å². The van der Waals surface area contributed by atoms with Crippen molar-refractivity contribution in [1.82, 2.24) is 15.6 Å². The Morgan fingerprint density at radius 2 is 2.00 bits per heavy atom. The van der Waals surface area contributed by atoms with Gasteiger partial charge in [0.05, 0.1) is 5.69 Å². The Bertz CT molecular complexity index is 784. The van der Waals surface area contributed by atoms with Gasteiger partial charge in [-0.1, -0.05) is 18.2 Å². The van der Waals surface area contributed by atoms with Crippen molar-refractivity contribution >= 4 is 28.1 Å². The van der Waals surface area contributed by atoms with Crippen molar-refractivity contribution in [3.05, 3.63) is 41.4 Å². The van der Waals surface area contributed by atoms with Crippen molar-refractivity contribution in [1.29, 1.82) is 0 Å². The van der Waals surface area contributed by atoms with E-state index in [1.54, 1.807) is 11.3 Å². The summed E-state index contributed by atoms with van der Waals surface area (Å²) in [5, 5.41) is 10.4. The summed E-state index contributed by atoms with van der Waals surface area (Å²) < 4.78 is 0. The lowest BCUT2D eigenvalue weighted by Gasteiger charge is -2.20. The van der Waals surface area contributed by atoms with Gasteiger partial charge in [0.2, 0.25) is 0 Å². The largest absolute Gasteiger partial charge is 0.369 e. The number of thiazole rings is 1. The normalized spacial score (nSPS) is 19.8. The maximum Gasteiger partial charge on any atom is 0.191 e. The van der Waals surface area contributed by atoms with Gasteiger partial charge in [-0.05, 0) is 38.3 Å². The number of benzene rings is 1. The number of hydrogen-bond donors (Lipinski definition) is 2. The third kappa shape index (κ3) is 5.41. The Morgan fingerprint density at radius 1 is 1.17 bits per heavy atom. The van der Waals surface area contributed by atoms with Gasteiger partial charge < -0.3 is 20.4 Å². The van der Waals surface area contributed by atoms with E-state index >= 15 is 0 Å². The zero-order valence-corrected chi connectivity index (χ0v) is 18.1. The highest BCUT2D eigenvalue weighted by Gasteiger charge is 2.23. The second kappa shape index (κ2) is 9.96. The van der Waals surface area contributed by atoms with Crippen LogP contribution in [0.1, 0.15) is 31.9 Å². The lowest BCUT2D eigenvalue weighted by Crippen LogP contribution is -2.44. The van der Waals surface area contributed by atoms with E-state index in [9.17, 15) is 0 Å². The van der Waals surface area contributed by atoms with E-state index in [4.69, 9.17) is 9.98 Å². The van der Waals surface area contributed by atoms with Crippen LogP contribution < -0.4 is 20.4 Å². The van der Waals surface area contributed by atoms with Crippen molar-refractivity contribution < 1.29 is 0 Å². The zero-order valence-electron chi connectivity index (χ0n) is 17.3. The summed E-state index contributed by atoms with van der Waals surface area (Å²) >= 11 is 1.77. The Labute approximate surface area is 178 Å². The highest BCUT2D eigenvalue weighted by atomic mass is 32.1. The SMILES string of the molecule is CCNC(=NCCc1csc(N2CCCC2)n1)NC1CCN(c2ccccc2)C1. The molecule has 1 atom stereocenters. The average molecular weight is 413 g/mol. The van der Waals surface area contributed by atoms with Gasteiger partial charge in [0.15, 0.2) is 11.1 Å². The Hall–Kier alpha value is -2.28. The standard InChI is InChI=1S/C22H32N6S/c1-2-23-21(25-18-11-15-28(16-18)20-8-4-3-5-9-20)24-12-10-19-17-29-22(26-19)27-13-6-7-14-27/h3-5,8-9,17-18H,2,6-7,10-16H2,1H3,(H2,23,24,25). The molecule has 2 N–H and O–H groups in total. The van der Waals surface area contributed by atoms with E-state index in [1.807, 2.05) is 0 Å². The van der Waals surface area contributed by atoms with E-state index in [0.717, 1.165) is 63.8 Å². The average Bonchev–Trinajstić information content (AvgIpc) is 3.50. The van der Waals surface area contributed by atoms with Crippen LogP contribution in [0.15, 0.2) is 40.7 Å². The lowest BCUT2D eigenvalue weighted by molar-refractivity contribution is 0.649. The number of para-hydroxylation sites is 1. The van der Waals surface area contributed by atoms with Gasteiger partial charge in [-0.25, -0.2) is 4.98 Å². The first-order valence-corrected chi connectivity index (χ1v) is 11.7. The number of rotatable bonds is 7. The van der Waals surface area contributed by atoms with Gasteiger partial charge in [0.1, 0.15) is 0 Å². The summed E-state index contributed by atoms with van der Waals surface area (Å²) in [6.07, 6.45) is 4.60. The molecule has 0 spiro atoms. The van der Waals surface area contributed by atoms with Crippen molar-refractivity contribution in [3.8, 4) is 0 Å².